The first-order valence-corrected chi connectivity index (χ1v) is 17.7. The molecular weight excluding hydrogens is 516 g/mol. The van der Waals surface area contributed by atoms with Crippen LogP contribution in [0.2, 0.25) is 0 Å². The molecule has 40 heavy (non-hydrogen) atoms. The molecule has 4 nitrogen and oxygen atoms in total. The van der Waals surface area contributed by atoms with Crippen LogP contribution in [0.5, 0.6) is 0 Å². The van der Waals surface area contributed by atoms with Gasteiger partial charge in [0.25, 0.3) is 10.1 Å². The molecule has 4 rings (SSSR count). The van der Waals surface area contributed by atoms with Crippen molar-refractivity contribution in [1.29, 1.82) is 0 Å². The Morgan fingerprint density at radius 1 is 0.975 bits per heavy atom. The van der Waals surface area contributed by atoms with Crippen LogP contribution in [0.4, 0.5) is 0 Å². The Kier molecular flexibility index (Phi) is 9.98. The van der Waals surface area contributed by atoms with Gasteiger partial charge in [0.1, 0.15) is 5.78 Å². The third kappa shape index (κ3) is 6.26. The van der Waals surface area contributed by atoms with Gasteiger partial charge in [-0.05, 0) is 117 Å². The van der Waals surface area contributed by atoms with Crippen molar-refractivity contribution in [2.45, 2.75) is 124 Å². The largest absolute Gasteiger partial charge is 0.299 e. The fourth-order valence-electron chi connectivity index (χ4n) is 9.64. The zero-order valence-electron chi connectivity index (χ0n) is 26.4. The van der Waals surface area contributed by atoms with Crippen molar-refractivity contribution in [1.82, 2.24) is 0 Å². The van der Waals surface area contributed by atoms with Crippen molar-refractivity contribution < 1.29 is 17.4 Å². The average molecular weight is 573 g/mol. The molecule has 3 saturated carbocycles. The highest BCUT2D eigenvalue weighted by molar-refractivity contribution is 7.86. The third-order valence-electron chi connectivity index (χ3n) is 12.2. The van der Waals surface area contributed by atoms with Gasteiger partial charge in [-0.3, -0.25) is 8.98 Å². The molecule has 1 unspecified atom stereocenters. The van der Waals surface area contributed by atoms with E-state index < -0.39 is 10.1 Å². The fraction of sp³-hybridized carbons (Fsp3) is 0.800. The molecule has 5 heteroatoms. The van der Waals surface area contributed by atoms with Gasteiger partial charge in [0, 0.05) is 11.8 Å². The molecule has 3 aliphatic carbocycles. The Hall–Kier alpha value is -1.20. The molecule has 0 radical (unpaired) electrons. The van der Waals surface area contributed by atoms with Crippen molar-refractivity contribution >= 4 is 15.9 Å². The second kappa shape index (κ2) is 12.6. The maximum atomic E-state index is 13.4. The van der Waals surface area contributed by atoms with Gasteiger partial charge in [-0.25, -0.2) is 0 Å². The second-order valence-corrected chi connectivity index (χ2v) is 16.3. The van der Waals surface area contributed by atoms with Crippen molar-refractivity contribution in [2.75, 3.05) is 6.61 Å². The Bertz CT molecular complexity index is 1110. The molecule has 0 bridgehead atoms. The number of Topliss-reactive ketones (excluding diaryl/α,β-unsaturated/α-hetero) is 1. The predicted octanol–water partition coefficient (Wildman–Crippen LogP) is 9.01. The van der Waals surface area contributed by atoms with E-state index in [0.29, 0.717) is 42.3 Å². The average Bonchev–Trinajstić information content (AvgIpc) is 3.26. The van der Waals surface area contributed by atoms with Gasteiger partial charge < -0.3 is 0 Å². The van der Waals surface area contributed by atoms with E-state index in [4.69, 9.17) is 4.18 Å². The Morgan fingerprint density at radius 2 is 1.68 bits per heavy atom. The summed E-state index contributed by atoms with van der Waals surface area (Å²) < 4.78 is 30.7. The van der Waals surface area contributed by atoms with E-state index in [1.54, 1.807) is 24.3 Å². The standard InChI is InChI=1S/C35H56O4S/c1-8-27(24(2)3)13-12-26(5)30-17-18-31-29-16-19-33(36)35(7,32(29)20-22-34(30,31)6)21-9-23-39-40(37,38)28-14-10-25(4)11-15-28/h10-11,14-15,24,26-27,29-32H,8-9,12-13,16-23H2,1-7H3/t26-,27?,29-,30+,31-,32-,34+,35+/m0/s1. The normalized spacial score (nSPS) is 34.0. The topological polar surface area (TPSA) is 60.4 Å². The van der Waals surface area contributed by atoms with Crippen molar-refractivity contribution in [3.8, 4) is 0 Å². The van der Waals surface area contributed by atoms with Crippen LogP contribution in [0.1, 0.15) is 118 Å². The molecule has 0 aromatic heterocycles. The number of rotatable bonds is 12. The Morgan fingerprint density at radius 3 is 2.33 bits per heavy atom. The Labute approximate surface area is 245 Å². The highest BCUT2D eigenvalue weighted by atomic mass is 32.2. The van der Waals surface area contributed by atoms with Crippen LogP contribution in [0, 0.1) is 59.2 Å². The summed E-state index contributed by atoms with van der Waals surface area (Å²) in [7, 11) is -3.77. The maximum Gasteiger partial charge on any atom is 0.296 e. The van der Waals surface area contributed by atoms with E-state index in [1.807, 2.05) is 6.92 Å². The second-order valence-electron chi connectivity index (χ2n) is 14.6. The highest BCUT2D eigenvalue weighted by Gasteiger charge is 2.59. The molecule has 0 spiro atoms. The van der Waals surface area contributed by atoms with Crippen LogP contribution in [0.25, 0.3) is 0 Å². The molecule has 3 fully saturated rings. The van der Waals surface area contributed by atoms with Crippen LogP contribution in [-0.2, 0) is 19.1 Å². The minimum atomic E-state index is -3.77. The lowest BCUT2D eigenvalue weighted by Crippen LogP contribution is -2.52. The fourth-order valence-corrected chi connectivity index (χ4v) is 10.6. The summed E-state index contributed by atoms with van der Waals surface area (Å²) in [5.41, 5.74) is 1.04. The smallest absolute Gasteiger partial charge is 0.296 e. The highest BCUT2D eigenvalue weighted by Crippen LogP contribution is 2.66. The minimum Gasteiger partial charge on any atom is -0.299 e. The number of fused-ring (bicyclic) bond motifs is 3. The molecule has 0 heterocycles. The molecule has 3 aliphatic rings. The molecule has 0 saturated heterocycles. The Balaban J connectivity index is 1.38. The maximum absolute atomic E-state index is 13.4. The van der Waals surface area contributed by atoms with Crippen LogP contribution in [-0.4, -0.2) is 20.8 Å². The summed E-state index contributed by atoms with van der Waals surface area (Å²) >= 11 is 0. The summed E-state index contributed by atoms with van der Waals surface area (Å²) in [6.45, 7) is 16.5. The predicted molar refractivity (Wildman–Crippen MR) is 163 cm³/mol. The van der Waals surface area contributed by atoms with Gasteiger partial charge >= 0.3 is 0 Å². The van der Waals surface area contributed by atoms with Crippen LogP contribution >= 0.6 is 0 Å². The van der Waals surface area contributed by atoms with Crippen LogP contribution < -0.4 is 0 Å². The summed E-state index contributed by atoms with van der Waals surface area (Å²) in [6, 6.07) is 6.78. The lowest BCUT2D eigenvalue weighted by atomic mass is 9.48. The van der Waals surface area contributed by atoms with E-state index in [1.165, 1.54) is 38.5 Å². The van der Waals surface area contributed by atoms with Crippen LogP contribution in [0.3, 0.4) is 0 Å². The minimum absolute atomic E-state index is 0.131. The number of carbonyl (C=O) groups is 1. The van der Waals surface area contributed by atoms with E-state index in [0.717, 1.165) is 48.0 Å². The molecule has 0 amide bonds. The first kappa shape index (κ1) is 31.7. The molecular formula is C35H56O4S. The van der Waals surface area contributed by atoms with Gasteiger partial charge in [-0.15, -0.1) is 0 Å². The van der Waals surface area contributed by atoms with Gasteiger partial charge in [0.05, 0.1) is 11.5 Å². The first-order valence-electron chi connectivity index (χ1n) is 16.3. The van der Waals surface area contributed by atoms with Gasteiger partial charge in [0.2, 0.25) is 0 Å². The summed E-state index contributed by atoms with van der Waals surface area (Å²) in [6.07, 6.45) is 12.0. The molecule has 226 valence electrons. The summed E-state index contributed by atoms with van der Waals surface area (Å²) in [5, 5.41) is 0. The van der Waals surface area contributed by atoms with E-state index >= 15 is 0 Å². The van der Waals surface area contributed by atoms with E-state index in [-0.39, 0.29) is 16.9 Å². The number of carbonyl (C=O) groups excluding carboxylic acids is 1. The molecule has 0 N–H and O–H groups in total. The lowest BCUT2D eigenvalue weighted by Gasteiger charge is -2.56. The zero-order chi connectivity index (χ0) is 29.3. The summed E-state index contributed by atoms with van der Waals surface area (Å²) in [5.74, 6) is 5.32. The number of ketones is 1. The monoisotopic (exact) mass is 572 g/mol. The molecule has 8 atom stereocenters. The molecule has 0 aliphatic heterocycles. The zero-order valence-corrected chi connectivity index (χ0v) is 27.2. The molecule has 1 aromatic rings. The van der Waals surface area contributed by atoms with Crippen molar-refractivity contribution in [3.05, 3.63) is 29.8 Å². The van der Waals surface area contributed by atoms with Crippen LogP contribution in [0.15, 0.2) is 29.2 Å². The number of aryl methyl sites for hydroxylation is 1. The summed E-state index contributed by atoms with van der Waals surface area (Å²) in [4.78, 5) is 13.6. The van der Waals surface area contributed by atoms with Gasteiger partial charge in [0.15, 0.2) is 0 Å². The number of benzene rings is 1. The first-order chi connectivity index (χ1) is 18.8. The van der Waals surface area contributed by atoms with E-state index in [9.17, 15) is 13.2 Å². The quantitative estimate of drug-likeness (QED) is 0.185. The van der Waals surface area contributed by atoms with E-state index in [2.05, 4.69) is 41.5 Å². The number of hydrogen-bond acceptors (Lipinski definition) is 4. The molecule has 1 aromatic carbocycles. The van der Waals surface area contributed by atoms with Crippen molar-refractivity contribution in [3.63, 3.8) is 0 Å². The van der Waals surface area contributed by atoms with Crippen molar-refractivity contribution in [2.24, 2.45) is 52.3 Å². The third-order valence-corrected chi connectivity index (χ3v) is 13.5. The SMILES string of the molecule is CCC(CC[C@H](C)[C@H]1CC[C@H]2[C@@H]3CCC(=O)[C@](C)(CCCOS(=O)(=O)c4ccc(C)cc4)[C@H]3CC[C@]12C)C(C)C. The van der Waals surface area contributed by atoms with Gasteiger partial charge in [-0.1, -0.05) is 72.1 Å². The number of hydrogen-bond donors (Lipinski definition) is 0. The van der Waals surface area contributed by atoms with Gasteiger partial charge in [-0.2, -0.15) is 8.42 Å². The lowest BCUT2D eigenvalue weighted by molar-refractivity contribution is -0.146.